The summed E-state index contributed by atoms with van der Waals surface area (Å²) in [5, 5.41) is 0. The van der Waals surface area contributed by atoms with Gasteiger partial charge in [0.1, 0.15) is 0 Å². The molecule has 0 unspecified atom stereocenters. The van der Waals surface area contributed by atoms with Crippen molar-refractivity contribution in [3.8, 4) is 0 Å². The molecular formula is C12H15N. The fourth-order valence-electron chi connectivity index (χ4n) is 2.09. The lowest BCUT2D eigenvalue weighted by atomic mass is 9.88. The second kappa shape index (κ2) is 3.35. The Balaban J connectivity index is 2.57. The van der Waals surface area contributed by atoms with Gasteiger partial charge < -0.3 is 5.73 Å². The van der Waals surface area contributed by atoms with Crippen LogP contribution in [-0.4, -0.2) is 6.54 Å². The van der Waals surface area contributed by atoms with Gasteiger partial charge >= 0.3 is 0 Å². The molecule has 1 heteroatoms. The molecule has 0 bridgehead atoms. The van der Waals surface area contributed by atoms with Crippen LogP contribution in [-0.2, 0) is 6.42 Å². The summed E-state index contributed by atoms with van der Waals surface area (Å²) in [5.74, 6) is 0. The quantitative estimate of drug-likeness (QED) is 0.692. The Hall–Kier alpha value is -1.08. The fraction of sp³-hybridized carbons (Fsp3) is 0.333. The van der Waals surface area contributed by atoms with E-state index in [9.17, 15) is 0 Å². The molecule has 2 rings (SSSR count). The maximum absolute atomic E-state index is 5.72. The van der Waals surface area contributed by atoms with E-state index in [2.05, 4.69) is 31.2 Å². The number of fused-ring (bicyclic) bond motifs is 1. The van der Waals surface area contributed by atoms with Crippen LogP contribution in [0, 0.1) is 6.92 Å². The van der Waals surface area contributed by atoms with Gasteiger partial charge in [-0.2, -0.15) is 0 Å². The Bertz CT molecular complexity index is 350. The first-order valence-corrected chi connectivity index (χ1v) is 4.81. The molecule has 0 aliphatic heterocycles. The molecule has 1 nitrogen and oxygen atoms in total. The van der Waals surface area contributed by atoms with Gasteiger partial charge in [-0.1, -0.05) is 24.3 Å². The molecule has 1 aliphatic rings. The van der Waals surface area contributed by atoms with Gasteiger partial charge in [0.25, 0.3) is 0 Å². The Morgan fingerprint density at radius 1 is 1.38 bits per heavy atom. The summed E-state index contributed by atoms with van der Waals surface area (Å²) < 4.78 is 0. The number of benzene rings is 1. The van der Waals surface area contributed by atoms with Crippen molar-refractivity contribution in [1.82, 2.24) is 0 Å². The summed E-state index contributed by atoms with van der Waals surface area (Å²) in [7, 11) is 0. The van der Waals surface area contributed by atoms with E-state index < -0.39 is 0 Å². The highest BCUT2D eigenvalue weighted by Crippen LogP contribution is 2.28. The third-order valence-corrected chi connectivity index (χ3v) is 2.70. The van der Waals surface area contributed by atoms with Gasteiger partial charge in [-0.3, -0.25) is 0 Å². The van der Waals surface area contributed by atoms with Crippen LogP contribution in [0.4, 0.5) is 0 Å². The Labute approximate surface area is 79.3 Å². The summed E-state index contributed by atoms with van der Waals surface area (Å²) in [6.45, 7) is 2.82. The predicted octanol–water partition coefficient (Wildman–Crippen LogP) is 2.28. The fourth-order valence-corrected chi connectivity index (χ4v) is 2.09. The third-order valence-electron chi connectivity index (χ3n) is 2.70. The Kier molecular flexibility index (Phi) is 2.19. The molecule has 0 heterocycles. The molecule has 1 aliphatic carbocycles. The lowest BCUT2D eigenvalue weighted by Gasteiger charge is -2.18. The molecule has 13 heavy (non-hydrogen) atoms. The number of nitrogens with two attached hydrogens (primary N) is 1. The Morgan fingerprint density at radius 3 is 3.00 bits per heavy atom. The zero-order valence-corrected chi connectivity index (χ0v) is 8.01. The van der Waals surface area contributed by atoms with E-state index in [1.807, 2.05) is 0 Å². The molecular weight excluding hydrogens is 158 g/mol. The first-order chi connectivity index (χ1) is 6.33. The third kappa shape index (κ3) is 1.40. The molecule has 1 aromatic carbocycles. The second-order valence-corrected chi connectivity index (χ2v) is 3.58. The summed E-state index contributed by atoms with van der Waals surface area (Å²) in [5.41, 5.74) is 11.3. The molecule has 0 atom stereocenters. The summed E-state index contributed by atoms with van der Waals surface area (Å²) in [6, 6.07) is 6.51. The van der Waals surface area contributed by atoms with Crippen molar-refractivity contribution >= 4 is 5.57 Å². The number of aryl methyl sites for hydroxylation is 2. The van der Waals surface area contributed by atoms with E-state index >= 15 is 0 Å². The summed E-state index contributed by atoms with van der Waals surface area (Å²) in [4.78, 5) is 0. The SMILES string of the molecule is Cc1cccc2c1C(CN)=CCC2. The number of rotatable bonds is 1. The van der Waals surface area contributed by atoms with Crippen molar-refractivity contribution in [2.45, 2.75) is 19.8 Å². The average molecular weight is 173 g/mol. The molecule has 0 fully saturated rings. The number of hydrogen-bond donors (Lipinski definition) is 1. The van der Waals surface area contributed by atoms with E-state index in [1.54, 1.807) is 0 Å². The maximum atomic E-state index is 5.72. The minimum absolute atomic E-state index is 0.665. The second-order valence-electron chi connectivity index (χ2n) is 3.58. The molecule has 2 N–H and O–H groups in total. The Morgan fingerprint density at radius 2 is 2.23 bits per heavy atom. The van der Waals surface area contributed by atoms with Gasteiger partial charge in [0.15, 0.2) is 0 Å². The first kappa shape index (κ1) is 8.52. The highest BCUT2D eigenvalue weighted by atomic mass is 14.5. The van der Waals surface area contributed by atoms with Gasteiger partial charge in [0.05, 0.1) is 0 Å². The zero-order chi connectivity index (χ0) is 9.26. The zero-order valence-electron chi connectivity index (χ0n) is 8.01. The molecule has 0 amide bonds. The van der Waals surface area contributed by atoms with E-state index in [4.69, 9.17) is 5.73 Å². The van der Waals surface area contributed by atoms with Gasteiger partial charge in [0, 0.05) is 6.54 Å². The van der Waals surface area contributed by atoms with Crippen LogP contribution in [0.1, 0.15) is 23.1 Å². The molecule has 68 valence electrons. The van der Waals surface area contributed by atoms with Crippen molar-refractivity contribution in [3.63, 3.8) is 0 Å². The first-order valence-electron chi connectivity index (χ1n) is 4.81. The van der Waals surface area contributed by atoms with Gasteiger partial charge in [-0.05, 0) is 42.0 Å². The van der Waals surface area contributed by atoms with Crippen LogP contribution in [0.5, 0.6) is 0 Å². The van der Waals surface area contributed by atoms with Crippen LogP contribution < -0.4 is 5.73 Å². The van der Waals surface area contributed by atoms with Crippen molar-refractivity contribution in [1.29, 1.82) is 0 Å². The van der Waals surface area contributed by atoms with Gasteiger partial charge in [0.2, 0.25) is 0 Å². The van der Waals surface area contributed by atoms with Crippen LogP contribution >= 0.6 is 0 Å². The van der Waals surface area contributed by atoms with E-state index in [0.717, 1.165) is 6.42 Å². The summed E-state index contributed by atoms with van der Waals surface area (Å²) >= 11 is 0. The maximum Gasteiger partial charge on any atom is 0.0181 e. The lowest BCUT2D eigenvalue weighted by Crippen LogP contribution is -2.09. The standard InChI is InChI=1S/C12H15N/c1-9-4-2-5-10-6-3-7-11(8-13)12(9)10/h2,4-5,7H,3,6,8,13H2,1H3. The molecule has 0 saturated carbocycles. The number of allylic oxidation sites excluding steroid dienone is 1. The minimum atomic E-state index is 0.665. The van der Waals surface area contributed by atoms with Crippen LogP contribution in [0.15, 0.2) is 24.3 Å². The van der Waals surface area contributed by atoms with Gasteiger partial charge in [-0.15, -0.1) is 0 Å². The average Bonchev–Trinajstić information content (AvgIpc) is 2.17. The predicted molar refractivity (Wildman–Crippen MR) is 56.5 cm³/mol. The molecule has 1 aromatic rings. The van der Waals surface area contributed by atoms with Crippen molar-refractivity contribution in [3.05, 3.63) is 41.0 Å². The van der Waals surface area contributed by atoms with Gasteiger partial charge in [-0.25, -0.2) is 0 Å². The topological polar surface area (TPSA) is 26.0 Å². The van der Waals surface area contributed by atoms with E-state index in [0.29, 0.717) is 6.54 Å². The smallest absolute Gasteiger partial charge is 0.0181 e. The molecule has 0 aromatic heterocycles. The van der Waals surface area contributed by atoms with Crippen molar-refractivity contribution in [2.24, 2.45) is 5.73 Å². The van der Waals surface area contributed by atoms with Crippen LogP contribution in [0.25, 0.3) is 5.57 Å². The van der Waals surface area contributed by atoms with Crippen LogP contribution in [0.3, 0.4) is 0 Å². The minimum Gasteiger partial charge on any atom is -0.326 e. The van der Waals surface area contributed by atoms with Crippen molar-refractivity contribution in [2.75, 3.05) is 6.54 Å². The van der Waals surface area contributed by atoms with E-state index in [-0.39, 0.29) is 0 Å². The largest absolute Gasteiger partial charge is 0.326 e. The van der Waals surface area contributed by atoms with Crippen LogP contribution in [0.2, 0.25) is 0 Å². The summed E-state index contributed by atoms with van der Waals surface area (Å²) in [6.07, 6.45) is 4.58. The molecule has 0 spiro atoms. The normalized spacial score (nSPS) is 15.1. The molecule has 0 saturated heterocycles. The number of hydrogen-bond acceptors (Lipinski definition) is 1. The van der Waals surface area contributed by atoms with Crippen molar-refractivity contribution < 1.29 is 0 Å². The monoisotopic (exact) mass is 173 g/mol. The molecule has 0 radical (unpaired) electrons. The lowest BCUT2D eigenvalue weighted by molar-refractivity contribution is 0.962. The highest BCUT2D eigenvalue weighted by Gasteiger charge is 2.12. The van der Waals surface area contributed by atoms with E-state index in [1.165, 1.54) is 28.7 Å². The highest BCUT2D eigenvalue weighted by molar-refractivity contribution is 5.73.